The van der Waals surface area contributed by atoms with Gasteiger partial charge in [-0.2, -0.15) is 0 Å². The Kier molecular flexibility index (Phi) is 59.9. The van der Waals surface area contributed by atoms with Gasteiger partial charge in [-0.05, 0) is 32.1 Å². The lowest BCUT2D eigenvalue weighted by Gasteiger charge is -2.20. The quantitative estimate of drug-likeness (QED) is 0.0320. The number of amides is 1. The SMILES string of the molecule is CCCCCCCCCCCCCCCCC/C=C/C(O)C(CO)NC(=O)CCCCCCCCCCCCCCCCCCCCCCCOC(=O)CCCCCCCCCCCCCCCCCC. The fraction of sp³-hybridized carbons (Fsp3) is 0.938. The van der Waals surface area contributed by atoms with E-state index in [4.69, 9.17) is 4.74 Å². The van der Waals surface area contributed by atoms with Crippen LogP contribution < -0.4 is 5.32 Å². The summed E-state index contributed by atoms with van der Waals surface area (Å²) in [7, 11) is 0. The molecule has 0 aromatic carbocycles. The van der Waals surface area contributed by atoms with Gasteiger partial charge in [-0.1, -0.05) is 334 Å². The number of hydrogen-bond acceptors (Lipinski definition) is 5. The fourth-order valence-corrected chi connectivity index (χ4v) is 10.3. The van der Waals surface area contributed by atoms with Crippen LogP contribution in [0.3, 0.4) is 0 Å². The van der Waals surface area contributed by atoms with E-state index in [-0.39, 0.29) is 18.5 Å². The molecule has 6 nitrogen and oxygen atoms in total. The van der Waals surface area contributed by atoms with Crippen LogP contribution in [0.25, 0.3) is 0 Å². The Morgan fingerprint density at radius 3 is 0.958 bits per heavy atom. The molecular formula is C65H127NO5. The summed E-state index contributed by atoms with van der Waals surface area (Å²) in [5, 5.41) is 23.2. The first kappa shape index (κ1) is 69.6. The summed E-state index contributed by atoms with van der Waals surface area (Å²) in [5.74, 6) is -0.0500. The van der Waals surface area contributed by atoms with Crippen LogP contribution in [0.5, 0.6) is 0 Å². The molecule has 3 N–H and O–H groups in total. The number of nitrogens with one attached hydrogen (secondary N) is 1. The molecule has 1 amide bonds. The zero-order valence-corrected chi connectivity index (χ0v) is 48.2. The van der Waals surface area contributed by atoms with Gasteiger partial charge in [0.1, 0.15) is 0 Å². The summed E-state index contributed by atoms with van der Waals surface area (Å²) < 4.78 is 5.50. The maximum absolute atomic E-state index is 12.5. The van der Waals surface area contributed by atoms with E-state index in [1.807, 2.05) is 6.08 Å². The highest BCUT2D eigenvalue weighted by molar-refractivity contribution is 5.76. The molecule has 422 valence electrons. The first-order chi connectivity index (χ1) is 35.0. The first-order valence-corrected chi connectivity index (χ1v) is 32.5. The summed E-state index contributed by atoms with van der Waals surface area (Å²) in [5.41, 5.74) is 0. The second-order valence-electron chi connectivity index (χ2n) is 22.5. The van der Waals surface area contributed by atoms with Crippen LogP contribution in [0.4, 0.5) is 0 Å². The molecule has 0 aromatic rings. The Balaban J connectivity index is 3.39. The third kappa shape index (κ3) is 57.7. The van der Waals surface area contributed by atoms with Crippen molar-refractivity contribution >= 4 is 11.9 Å². The number of esters is 1. The van der Waals surface area contributed by atoms with E-state index in [9.17, 15) is 19.8 Å². The molecule has 0 saturated heterocycles. The van der Waals surface area contributed by atoms with Crippen molar-refractivity contribution in [2.75, 3.05) is 13.2 Å². The lowest BCUT2D eigenvalue weighted by atomic mass is 10.0. The lowest BCUT2D eigenvalue weighted by molar-refractivity contribution is -0.143. The molecule has 0 aliphatic rings. The molecule has 0 saturated carbocycles. The smallest absolute Gasteiger partial charge is 0.305 e. The zero-order valence-electron chi connectivity index (χ0n) is 48.2. The summed E-state index contributed by atoms with van der Waals surface area (Å²) in [4.78, 5) is 24.6. The van der Waals surface area contributed by atoms with Gasteiger partial charge in [0.05, 0.1) is 25.4 Å². The molecule has 0 fully saturated rings. The van der Waals surface area contributed by atoms with Crippen molar-refractivity contribution in [2.24, 2.45) is 0 Å². The van der Waals surface area contributed by atoms with Crippen molar-refractivity contribution in [1.29, 1.82) is 0 Å². The maximum atomic E-state index is 12.5. The first-order valence-electron chi connectivity index (χ1n) is 32.5. The Labute approximate surface area is 444 Å². The number of unbranched alkanes of at least 4 members (excludes halogenated alkanes) is 50. The minimum absolute atomic E-state index is 0.0157. The molecule has 6 heteroatoms. The van der Waals surface area contributed by atoms with Gasteiger partial charge in [0, 0.05) is 12.8 Å². The van der Waals surface area contributed by atoms with Gasteiger partial charge in [0.25, 0.3) is 0 Å². The van der Waals surface area contributed by atoms with Crippen LogP contribution in [0, 0.1) is 0 Å². The van der Waals surface area contributed by atoms with Crippen molar-refractivity contribution in [3.8, 4) is 0 Å². The molecule has 0 bridgehead atoms. The largest absolute Gasteiger partial charge is 0.466 e. The summed E-state index contributed by atoms with van der Waals surface area (Å²) in [6.07, 6.45) is 74.0. The summed E-state index contributed by atoms with van der Waals surface area (Å²) in [6.45, 7) is 4.94. The Morgan fingerprint density at radius 2 is 0.648 bits per heavy atom. The highest BCUT2D eigenvalue weighted by Gasteiger charge is 2.18. The normalized spacial score (nSPS) is 12.6. The molecule has 71 heavy (non-hydrogen) atoms. The van der Waals surface area contributed by atoms with E-state index in [0.29, 0.717) is 19.4 Å². The molecule has 0 aliphatic carbocycles. The number of aliphatic hydroxyl groups is 2. The predicted octanol–water partition coefficient (Wildman–Crippen LogP) is 20.4. The van der Waals surface area contributed by atoms with Gasteiger partial charge >= 0.3 is 5.97 Å². The van der Waals surface area contributed by atoms with Gasteiger partial charge in [0.15, 0.2) is 0 Å². The number of rotatable bonds is 61. The van der Waals surface area contributed by atoms with Gasteiger partial charge < -0.3 is 20.3 Å². The van der Waals surface area contributed by atoms with Gasteiger partial charge in [0.2, 0.25) is 5.91 Å². The molecule has 2 atom stereocenters. The molecule has 2 unspecified atom stereocenters. The standard InChI is InChI=1S/C65H127NO5/c1-3-5-7-9-11-13-15-17-19-26-29-33-37-41-45-49-53-57-63(68)62(61-67)66-64(69)58-54-50-46-42-38-34-30-27-24-22-21-23-25-28-32-36-40-44-48-52-56-60-71-65(70)59-55-51-47-43-39-35-31-20-18-16-14-12-10-8-6-4-2/h53,57,62-63,67-68H,3-52,54-56,58-61H2,1-2H3,(H,66,69)/b57-53+. The average Bonchev–Trinajstić information content (AvgIpc) is 3.37. The third-order valence-electron chi connectivity index (χ3n) is 15.3. The Morgan fingerprint density at radius 1 is 0.380 bits per heavy atom. The molecule has 0 radical (unpaired) electrons. The molecular weight excluding hydrogens is 875 g/mol. The van der Waals surface area contributed by atoms with Crippen LogP contribution in [0.1, 0.15) is 367 Å². The number of allylic oxidation sites excluding steroid dienone is 1. The average molecular weight is 1000 g/mol. The van der Waals surface area contributed by atoms with Crippen LogP contribution in [0.15, 0.2) is 12.2 Å². The molecule has 0 aliphatic heterocycles. The van der Waals surface area contributed by atoms with Gasteiger partial charge in [-0.25, -0.2) is 0 Å². The third-order valence-corrected chi connectivity index (χ3v) is 15.3. The van der Waals surface area contributed by atoms with Crippen molar-refractivity contribution in [1.82, 2.24) is 5.32 Å². The van der Waals surface area contributed by atoms with E-state index in [1.165, 1.54) is 302 Å². The van der Waals surface area contributed by atoms with Crippen LogP contribution in [0.2, 0.25) is 0 Å². The van der Waals surface area contributed by atoms with Crippen LogP contribution in [-0.4, -0.2) is 47.4 Å². The topological polar surface area (TPSA) is 95.9 Å². The predicted molar refractivity (Wildman–Crippen MR) is 310 cm³/mol. The molecule has 0 heterocycles. The van der Waals surface area contributed by atoms with E-state index in [1.54, 1.807) is 6.08 Å². The van der Waals surface area contributed by atoms with Gasteiger partial charge in [-0.15, -0.1) is 0 Å². The van der Waals surface area contributed by atoms with Crippen molar-refractivity contribution in [3.63, 3.8) is 0 Å². The van der Waals surface area contributed by atoms with Crippen molar-refractivity contribution in [2.45, 2.75) is 379 Å². The zero-order chi connectivity index (χ0) is 51.4. The number of ether oxygens (including phenoxy) is 1. The van der Waals surface area contributed by atoms with E-state index >= 15 is 0 Å². The molecule has 0 rings (SSSR count). The van der Waals surface area contributed by atoms with E-state index < -0.39 is 12.1 Å². The Hall–Kier alpha value is -1.40. The lowest BCUT2D eigenvalue weighted by Crippen LogP contribution is -2.45. The van der Waals surface area contributed by atoms with E-state index in [0.717, 1.165) is 38.5 Å². The number of hydrogen-bond donors (Lipinski definition) is 3. The highest BCUT2D eigenvalue weighted by atomic mass is 16.5. The fourth-order valence-electron chi connectivity index (χ4n) is 10.3. The molecule has 0 spiro atoms. The summed E-state index contributed by atoms with van der Waals surface area (Å²) in [6, 6.07) is -0.628. The number of carbonyl (C=O) groups is 2. The monoisotopic (exact) mass is 1000 g/mol. The van der Waals surface area contributed by atoms with Crippen LogP contribution in [-0.2, 0) is 14.3 Å². The van der Waals surface area contributed by atoms with E-state index in [2.05, 4.69) is 19.2 Å². The summed E-state index contributed by atoms with van der Waals surface area (Å²) >= 11 is 0. The molecule has 0 aromatic heterocycles. The van der Waals surface area contributed by atoms with Crippen molar-refractivity contribution in [3.05, 3.63) is 12.2 Å². The maximum Gasteiger partial charge on any atom is 0.305 e. The van der Waals surface area contributed by atoms with Crippen LogP contribution >= 0.6 is 0 Å². The Bertz CT molecular complexity index is 1060. The van der Waals surface area contributed by atoms with Gasteiger partial charge in [-0.3, -0.25) is 9.59 Å². The minimum Gasteiger partial charge on any atom is -0.466 e. The highest BCUT2D eigenvalue weighted by Crippen LogP contribution is 2.18. The second kappa shape index (κ2) is 61.1. The second-order valence-corrected chi connectivity index (χ2v) is 22.5. The number of aliphatic hydroxyl groups excluding tert-OH is 2. The van der Waals surface area contributed by atoms with Crippen molar-refractivity contribution < 1.29 is 24.5 Å². The number of carbonyl (C=O) groups excluding carboxylic acids is 2. The minimum atomic E-state index is -0.844.